The second-order valence-electron chi connectivity index (χ2n) is 6.33. The number of ether oxygens (including phenoxy) is 1. The van der Waals surface area contributed by atoms with Crippen LogP contribution >= 0.6 is 23.2 Å². The highest BCUT2D eigenvalue weighted by molar-refractivity contribution is 6.53. The molecule has 3 rings (SSSR count). The summed E-state index contributed by atoms with van der Waals surface area (Å²) >= 11 is 12.0. The first-order valence-electron chi connectivity index (χ1n) is 7.38. The fourth-order valence-corrected chi connectivity index (χ4v) is 2.96. The molecule has 0 saturated heterocycles. The molecule has 1 N–H and O–H groups in total. The summed E-state index contributed by atoms with van der Waals surface area (Å²) in [7, 11) is 0. The van der Waals surface area contributed by atoms with Crippen molar-refractivity contribution in [2.75, 3.05) is 0 Å². The lowest BCUT2D eigenvalue weighted by Gasteiger charge is -2.20. The molecule has 0 aliphatic heterocycles. The van der Waals surface area contributed by atoms with E-state index in [1.165, 1.54) is 24.3 Å². The van der Waals surface area contributed by atoms with E-state index in [2.05, 4.69) is 5.32 Å². The molecule has 0 bridgehead atoms. The Hall–Kier alpha value is -1.33. The zero-order valence-electron chi connectivity index (χ0n) is 12.4. The van der Waals surface area contributed by atoms with Crippen LogP contribution in [0.1, 0.15) is 37.9 Å². The average Bonchev–Trinajstić information content (AvgIpc) is 3.36. The minimum atomic E-state index is -1.18. The molecular weight excluding hydrogens is 344 g/mol. The Morgan fingerprint density at radius 1 is 1.30 bits per heavy atom. The number of carbonyl (C=O) groups excluding carboxylic acids is 2. The van der Waals surface area contributed by atoms with Gasteiger partial charge in [-0.15, -0.1) is 23.2 Å². The van der Waals surface area contributed by atoms with Gasteiger partial charge >= 0.3 is 5.97 Å². The van der Waals surface area contributed by atoms with Gasteiger partial charge in [0.05, 0.1) is 0 Å². The summed E-state index contributed by atoms with van der Waals surface area (Å²) in [4.78, 5) is 24.7. The van der Waals surface area contributed by atoms with Crippen LogP contribution in [0.2, 0.25) is 0 Å². The monoisotopic (exact) mass is 359 g/mol. The first-order chi connectivity index (χ1) is 10.7. The number of hydrogen-bond acceptors (Lipinski definition) is 3. The van der Waals surface area contributed by atoms with Gasteiger partial charge in [0, 0.05) is 18.0 Å². The van der Waals surface area contributed by atoms with Gasteiger partial charge in [0.2, 0.25) is 6.10 Å². The molecule has 2 atom stereocenters. The topological polar surface area (TPSA) is 55.4 Å². The van der Waals surface area contributed by atoms with Crippen molar-refractivity contribution in [3.8, 4) is 0 Å². The van der Waals surface area contributed by atoms with Crippen LogP contribution in [0, 0.1) is 11.2 Å². The van der Waals surface area contributed by atoms with Gasteiger partial charge in [-0.05, 0) is 31.9 Å². The fourth-order valence-electron chi connectivity index (χ4n) is 2.27. The van der Waals surface area contributed by atoms with Crippen LogP contribution in [0.15, 0.2) is 24.3 Å². The molecule has 2 aliphatic carbocycles. The minimum absolute atomic E-state index is 0.112. The van der Waals surface area contributed by atoms with Crippen molar-refractivity contribution >= 4 is 35.1 Å². The largest absolute Gasteiger partial charge is 0.447 e. The van der Waals surface area contributed by atoms with Crippen molar-refractivity contribution < 1.29 is 18.7 Å². The number of halogens is 3. The molecule has 23 heavy (non-hydrogen) atoms. The second kappa shape index (κ2) is 5.64. The smallest absolute Gasteiger partial charge is 0.316 e. The van der Waals surface area contributed by atoms with Gasteiger partial charge in [-0.3, -0.25) is 9.59 Å². The van der Waals surface area contributed by atoms with E-state index in [0.29, 0.717) is 5.56 Å². The van der Waals surface area contributed by atoms with Gasteiger partial charge < -0.3 is 10.1 Å². The van der Waals surface area contributed by atoms with E-state index in [4.69, 9.17) is 27.9 Å². The summed E-state index contributed by atoms with van der Waals surface area (Å²) in [6, 6.07) is 5.38. The number of hydrogen-bond donors (Lipinski definition) is 1. The number of esters is 1. The third-order valence-electron chi connectivity index (χ3n) is 4.27. The summed E-state index contributed by atoms with van der Waals surface area (Å²) in [6.45, 7) is 1.59. The van der Waals surface area contributed by atoms with E-state index in [9.17, 15) is 14.0 Å². The van der Waals surface area contributed by atoms with Gasteiger partial charge in [-0.1, -0.05) is 12.1 Å². The molecule has 2 saturated carbocycles. The van der Waals surface area contributed by atoms with Crippen molar-refractivity contribution in [3.63, 3.8) is 0 Å². The number of amides is 1. The Labute approximate surface area is 143 Å². The average molecular weight is 360 g/mol. The Kier molecular flexibility index (Phi) is 4.05. The van der Waals surface area contributed by atoms with Crippen molar-refractivity contribution in [2.24, 2.45) is 5.41 Å². The maximum atomic E-state index is 13.1. The molecule has 1 aromatic rings. The predicted octanol–water partition coefficient (Wildman–Crippen LogP) is 3.27. The standard InChI is InChI=1S/C16H16Cl2FNO3/c1-15(8-16(15,17)18)14(22)23-12(13(21)20-11-6-7-11)9-2-4-10(19)5-3-9/h2-5,11-12H,6-8H2,1H3,(H,20,21)/t12-,15+/m0/s1. The Morgan fingerprint density at radius 3 is 2.35 bits per heavy atom. The maximum Gasteiger partial charge on any atom is 0.316 e. The maximum absolute atomic E-state index is 13.1. The highest BCUT2D eigenvalue weighted by Gasteiger charge is 2.69. The summed E-state index contributed by atoms with van der Waals surface area (Å²) < 4.78 is 17.3. The SMILES string of the molecule is C[C@]1(C(=O)O[C@H](C(=O)NC2CC2)c2ccc(F)cc2)CC1(Cl)Cl. The van der Waals surface area contributed by atoms with Crippen LogP contribution in [0.25, 0.3) is 0 Å². The molecule has 4 nitrogen and oxygen atoms in total. The third kappa shape index (κ3) is 3.31. The lowest BCUT2D eigenvalue weighted by Crippen LogP contribution is -2.35. The van der Waals surface area contributed by atoms with E-state index < -0.39 is 33.5 Å². The third-order valence-corrected chi connectivity index (χ3v) is 5.37. The van der Waals surface area contributed by atoms with E-state index in [1.807, 2.05) is 0 Å². The number of rotatable bonds is 5. The van der Waals surface area contributed by atoms with Crippen LogP contribution in [0.3, 0.4) is 0 Å². The van der Waals surface area contributed by atoms with Crippen LogP contribution < -0.4 is 5.32 Å². The lowest BCUT2D eigenvalue weighted by molar-refractivity contribution is -0.161. The summed E-state index contributed by atoms with van der Waals surface area (Å²) in [5.74, 6) is -1.50. The summed E-state index contributed by atoms with van der Waals surface area (Å²) in [5.41, 5.74) is -0.634. The molecule has 2 fully saturated rings. The molecule has 0 heterocycles. The van der Waals surface area contributed by atoms with Crippen LogP contribution in [-0.4, -0.2) is 22.3 Å². The summed E-state index contributed by atoms with van der Waals surface area (Å²) in [6.07, 6.45) is 0.924. The van der Waals surface area contributed by atoms with Crippen molar-refractivity contribution in [1.82, 2.24) is 5.32 Å². The molecule has 0 unspecified atom stereocenters. The molecule has 0 aromatic heterocycles. The molecule has 1 amide bonds. The Morgan fingerprint density at radius 2 is 1.87 bits per heavy atom. The van der Waals surface area contributed by atoms with Gasteiger partial charge in [0.1, 0.15) is 15.6 Å². The van der Waals surface area contributed by atoms with Gasteiger partial charge in [-0.25, -0.2) is 4.39 Å². The van der Waals surface area contributed by atoms with E-state index >= 15 is 0 Å². The second-order valence-corrected chi connectivity index (χ2v) is 7.82. The molecular formula is C16H16Cl2FNO3. The normalized spacial score (nSPS) is 26.3. The van der Waals surface area contributed by atoms with E-state index in [1.54, 1.807) is 6.92 Å². The van der Waals surface area contributed by atoms with Crippen LogP contribution in [-0.2, 0) is 14.3 Å². The Balaban J connectivity index is 1.78. The number of alkyl halides is 2. The molecule has 2 aliphatic rings. The van der Waals surface area contributed by atoms with Gasteiger partial charge in [0.25, 0.3) is 5.91 Å². The van der Waals surface area contributed by atoms with Crippen molar-refractivity contribution in [1.29, 1.82) is 0 Å². The Bertz CT molecular complexity index is 645. The zero-order valence-corrected chi connectivity index (χ0v) is 14.0. The van der Waals surface area contributed by atoms with Gasteiger partial charge in [-0.2, -0.15) is 0 Å². The number of carbonyl (C=O) groups is 2. The van der Waals surface area contributed by atoms with E-state index in [0.717, 1.165) is 12.8 Å². The highest BCUT2D eigenvalue weighted by atomic mass is 35.5. The van der Waals surface area contributed by atoms with Crippen LogP contribution in [0.5, 0.6) is 0 Å². The number of nitrogens with one attached hydrogen (secondary N) is 1. The van der Waals surface area contributed by atoms with Gasteiger partial charge in [0.15, 0.2) is 0 Å². The molecule has 1 aromatic carbocycles. The molecule has 0 radical (unpaired) electrons. The number of benzene rings is 1. The van der Waals surface area contributed by atoms with Crippen molar-refractivity contribution in [2.45, 2.75) is 42.7 Å². The first kappa shape index (κ1) is 16.5. The molecule has 7 heteroatoms. The van der Waals surface area contributed by atoms with E-state index in [-0.39, 0.29) is 12.5 Å². The molecule has 124 valence electrons. The summed E-state index contributed by atoms with van der Waals surface area (Å²) in [5, 5.41) is 2.79. The van der Waals surface area contributed by atoms with Crippen molar-refractivity contribution in [3.05, 3.63) is 35.6 Å². The highest BCUT2D eigenvalue weighted by Crippen LogP contribution is 2.64. The zero-order chi connectivity index (χ0) is 16.8. The van der Waals surface area contributed by atoms with Crippen LogP contribution in [0.4, 0.5) is 4.39 Å². The lowest BCUT2D eigenvalue weighted by atomic mass is 10.1. The minimum Gasteiger partial charge on any atom is -0.447 e. The quantitative estimate of drug-likeness (QED) is 0.648. The fraction of sp³-hybridized carbons (Fsp3) is 0.500. The molecule has 0 spiro atoms. The first-order valence-corrected chi connectivity index (χ1v) is 8.13. The predicted molar refractivity (Wildman–Crippen MR) is 83.6 cm³/mol.